The minimum Gasteiger partial charge on any atom is -0.207 e. The van der Waals surface area contributed by atoms with Crippen LogP contribution in [-0.2, 0) is 0 Å². The predicted molar refractivity (Wildman–Crippen MR) is 78.4 cm³/mol. The van der Waals surface area contributed by atoms with Crippen molar-refractivity contribution in [2.75, 3.05) is 0 Å². The van der Waals surface area contributed by atoms with Crippen LogP contribution in [-0.4, -0.2) is 0 Å². The highest BCUT2D eigenvalue weighted by Gasteiger charge is 2.38. The summed E-state index contributed by atoms with van der Waals surface area (Å²) in [5.41, 5.74) is 0.350. The van der Waals surface area contributed by atoms with Gasteiger partial charge in [-0.05, 0) is 52.2 Å². The zero-order valence-electron chi connectivity index (χ0n) is 11.1. The first-order chi connectivity index (χ1) is 8.83. The fourth-order valence-electron chi connectivity index (χ4n) is 3.03. The molecule has 0 amide bonds. The molecule has 2 unspecified atom stereocenters. The number of hydrogen-bond donors (Lipinski definition) is 0. The molecule has 0 heterocycles. The fraction of sp³-hybridized carbons (Fsp3) is 0.600. The molecule has 1 aliphatic carbocycles. The third-order valence-corrected chi connectivity index (χ3v) is 5.43. The number of rotatable bonds is 2. The van der Waals surface area contributed by atoms with Gasteiger partial charge < -0.3 is 0 Å². The Morgan fingerprint density at radius 1 is 1.26 bits per heavy atom. The summed E-state index contributed by atoms with van der Waals surface area (Å²) >= 11 is 9.47. The number of halogens is 4. The van der Waals surface area contributed by atoms with E-state index in [4.69, 9.17) is 11.6 Å². The van der Waals surface area contributed by atoms with Gasteiger partial charge in [0.1, 0.15) is 11.6 Å². The molecule has 0 radical (unpaired) electrons. The Morgan fingerprint density at radius 3 is 2.58 bits per heavy atom. The van der Waals surface area contributed by atoms with E-state index >= 15 is 0 Å². The third-order valence-electron chi connectivity index (χ3n) is 4.28. The Kier molecular flexibility index (Phi) is 4.56. The van der Waals surface area contributed by atoms with E-state index in [0.717, 1.165) is 25.3 Å². The molecule has 0 aromatic heterocycles. The second-order valence-corrected chi connectivity index (χ2v) is 7.35. The molecular formula is C15H18BrClF2. The van der Waals surface area contributed by atoms with Crippen LogP contribution in [0.4, 0.5) is 8.78 Å². The van der Waals surface area contributed by atoms with Crippen molar-refractivity contribution in [1.29, 1.82) is 0 Å². The molecule has 19 heavy (non-hydrogen) atoms. The summed E-state index contributed by atoms with van der Waals surface area (Å²) in [5, 5.41) is -0.474. The molecular weight excluding hydrogens is 334 g/mol. The van der Waals surface area contributed by atoms with Gasteiger partial charge in [-0.1, -0.05) is 26.7 Å². The molecule has 2 atom stereocenters. The van der Waals surface area contributed by atoms with E-state index in [1.165, 1.54) is 12.5 Å². The van der Waals surface area contributed by atoms with Crippen LogP contribution >= 0.6 is 27.5 Å². The molecule has 2 rings (SSSR count). The van der Waals surface area contributed by atoms with Gasteiger partial charge in [-0.2, -0.15) is 0 Å². The zero-order valence-corrected chi connectivity index (χ0v) is 13.5. The molecule has 0 nitrogen and oxygen atoms in total. The normalized spacial score (nSPS) is 24.2. The largest absolute Gasteiger partial charge is 0.207 e. The van der Waals surface area contributed by atoms with Crippen molar-refractivity contribution in [3.05, 3.63) is 33.8 Å². The smallest absolute Gasteiger partial charge is 0.137 e. The second-order valence-electron chi connectivity index (χ2n) is 6.03. The number of benzene rings is 1. The predicted octanol–water partition coefficient (Wildman–Crippen LogP) is 6.22. The summed E-state index contributed by atoms with van der Waals surface area (Å²) in [5.74, 6) is -0.719. The highest BCUT2D eigenvalue weighted by molar-refractivity contribution is 9.10. The Labute approximate surface area is 126 Å². The van der Waals surface area contributed by atoms with Gasteiger partial charge >= 0.3 is 0 Å². The zero-order chi connectivity index (χ0) is 14.2. The summed E-state index contributed by atoms with van der Waals surface area (Å²) in [7, 11) is 0. The lowest BCUT2D eigenvalue weighted by atomic mass is 9.66. The average Bonchev–Trinajstić information content (AvgIpc) is 2.32. The molecule has 0 aliphatic heterocycles. The highest BCUT2D eigenvalue weighted by atomic mass is 79.9. The van der Waals surface area contributed by atoms with Gasteiger partial charge in [0.05, 0.1) is 9.85 Å². The van der Waals surface area contributed by atoms with Gasteiger partial charge in [0, 0.05) is 5.56 Å². The van der Waals surface area contributed by atoms with Crippen molar-refractivity contribution in [3.63, 3.8) is 0 Å². The van der Waals surface area contributed by atoms with Crippen LogP contribution in [0, 0.1) is 23.0 Å². The molecule has 1 saturated carbocycles. The van der Waals surface area contributed by atoms with E-state index < -0.39 is 17.0 Å². The Bertz CT molecular complexity index is 473. The van der Waals surface area contributed by atoms with E-state index in [9.17, 15) is 8.78 Å². The van der Waals surface area contributed by atoms with Gasteiger partial charge in [-0.3, -0.25) is 0 Å². The number of alkyl halides is 1. The SMILES string of the molecule is CC1(C)CCCCC1C(Cl)c1cc(F)c(Br)cc1F. The van der Waals surface area contributed by atoms with Crippen LogP contribution in [0.3, 0.4) is 0 Å². The maximum Gasteiger partial charge on any atom is 0.137 e. The molecule has 0 bridgehead atoms. The van der Waals surface area contributed by atoms with E-state index in [1.807, 2.05) is 0 Å². The quantitative estimate of drug-likeness (QED) is 0.438. The van der Waals surface area contributed by atoms with Crippen LogP contribution in [0.1, 0.15) is 50.5 Å². The van der Waals surface area contributed by atoms with E-state index in [-0.39, 0.29) is 21.4 Å². The second kappa shape index (κ2) is 5.69. The van der Waals surface area contributed by atoms with Crippen LogP contribution in [0.2, 0.25) is 0 Å². The van der Waals surface area contributed by atoms with Crippen molar-refractivity contribution in [3.8, 4) is 0 Å². The molecule has 1 aromatic carbocycles. The number of hydrogen-bond acceptors (Lipinski definition) is 0. The highest BCUT2D eigenvalue weighted by Crippen LogP contribution is 2.49. The van der Waals surface area contributed by atoms with Crippen LogP contribution in [0.25, 0.3) is 0 Å². The van der Waals surface area contributed by atoms with Crippen molar-refractivity contribution in [2.24, 2.45) is 11.3 Å². The van der Waals surface area contributed by atoms with Gasteiger partial charge in [0.25, 0.3) is 0 Å². The first-order valence-corrected chi connectivity index (χ1v) is 7.84. The van der Waals surface area contributed by atoms with Crippen molar-refractivity contribution in [2.45, 2.75) is 44.9 Å². The molecule has 1 aromatic rings. The summed E-state index contributed by atoms with van der Waals surface area (Å²) in [4.78, 5) is 0. The fourth-order valence-corrected chi connectivity index (χ4v) is 3.98. The maximum atomic E-state index is 14.0. The minimum absolute atomic E-state index is 0.0701. The summed E-state index contributed by atoms with van der Waals surface area (Å²) in [6.45, 7) is 4.33. The lowest BCUT2D eigenvalue weighted by molar-refractivity contribution is 0.132. The lowest BCUT2D eigenvalue weighted by Gasteiger charge is -2.41. The standard InChI is InChI=1S/C15H18BrClF2/c1-15(2)6-4-3-5-10(15)14(17)9-7-13(19)11(16)8-12(9)18/h7-8,10,14H,3-6H2,1-2H3. The summed E-state index contributed by atoms with van der Waals surface area (Å²) in [6, 6.07) is 2.39. The van der Waals surface area contributed by atoms with Gasteiger partial charge in [0.2, 0.25) is 0 Å². The van der Waals surface area contributed by atoms with Crippen molar-refractivity contribution < 1.29 is 8.78 Å². The average molecular weight is 352 g/mol. The lowest BCUT2D eigenvalue weighted by Crippen LogP contribution is -2.31. The van der Waals surface area contributed by atoms with Crippen LogP contribution in [0.15, 0.2) is 16.6 Å². The molecule has 1 aliphatic rings. The van der Waals surface area contributed by atoms with Gasteiger partial charge in [-0.15, -0.1) is 11.6 Å². The minimum atomic E-state index is -0.474. The topological polar surface area (TPSA) is 0 Å². The monoisotopic (exact) mass is 350 g/mol. The molecule has 0 spiro atoms. The molecule has 106 valence electrons. The summed E-state index contributed by atoms with van der Waals surface area (Å²) in [6.07, 6.45) is 4.35. The Balaban J connectivity index is 2.33. The first kappa shape index (κ1) is 15.2. The van der Waals surface area contributed by atoms with Crippen molar-refractivity contribution >= 4 is 27.5 Å². The van der Waals surface area contributed by atoms with E-state index in [1.54, 1.807) is 0 Å². The van der Waals surface area contributed by atoms with Crippen LogP contribution < -0.4 is 0 Å². The molecule has 1 fully saturated rings. The Morgan fingerprint density at radius 2 is 1.95 bits per heavy atom. The Hall–Kier alpha value is -0.150. The van der Waals surface area contributed by atoms with Crippen LogP contribution in [0.5, 0.6) is 0 Å². The van der Waals surface area contributed by atoms with Crippen molar-refractivity contribution in [1.82, 2.24) is 0 Å². The summed E-state index contributed by atoms with van der Waals surface area (Å²) < 4.78 is 27.8. The molecule has 4 heteroatoms. The molecule has 0 N–H and O–H groups in total. The molecule has 0 saturated heterocycles. The van der Waals surface area contributed by atoms with E-state index in [2.05, 4.69) is 29.8 Å². The van der Waals surface area contributed by atoms with Gasteiger partial charge in [-0.25, -0.2) is 8.78 Å². The van der Waals surface area contributed by atoms with Gasteiger partial charge in [0.15, 0.2) is 0 Å². The third kappa shape index (κ3) is 3.13. The maximum absolute atomic E-state index is 14.0. The first-order valence-electron chi connectivity index (χ1n) is 6.61. The van der Waals surface area contributed by atoms with E-state index in [0.29, 0.717) is 0 Å².